The molecule has 1 aliphatic carbocycles. The number of para-hydroxylation sites is 1. The van der Waals surface area contributed by atoms with Gasteiger partial charge in [-0.1, -0.05) is 32.3 Å². The number of anilines is 1. The van der Waals surface area contributed by atoms with Gasteiger partial charge in [0.25, 0.3) is 0 Å². The molecule has 0 heterocycles. The highest BCUT2D eigenvalue weighted by Crippen LogP contribution is 2.31. The number of benzene rings is 1. The van der Waals surface area contributed by atoms with Crippen LogP contribution in [-0.2, 0) is 0 Å². The smallest absolute Gasteiger partial charge is 0.147 e. The van der Waals surface area contributed by atoms with E-state index < -0.39 is 0 Å². The average molecular weight is 314 g/mol. The van der Waals surface area contributed by atoms with Crippen LogP contribution in [0.25, 0.3) is 0 Å². The Balaban J connectivity index is 2.01. The fourth-order valence-electron chi connectivity index (χ4n) is 2.77. The van der Waals surface area contributed by atoms with Gasteiger partial charge >= 0.3 is 0 Å². The van der Waals surface area contributed by atoms with Crippen LogP contribution in [0.2, 0.25) is 0 Å². The van der Waals surface area contributed by atoms with Crippen LogP contribution in [0.5, 0.6) is 0 Å². The first-order valence-corrected chi connectivity index (χ1v) is 7.70. The minimum Gasteiger partial charge on any atom is -0.379 e. The first-order valence-electron chi connectivity index (χ1n) is 6.91. The topological polar surface area (TPSA) is 12.0 Å². The molecule has 0 aliphatic heterocycles. The van der Waals surface area contributed by atoms with Crippen LogP contribution in [0.4, 0.5) is 10.1 Å². The van der Waals surface area contributed by atoms with Gasteiger partial charge in [0.1, 0.15) is 5.82 Å². The summed E-state index contributed by atoms with van der Waals surface area (Å²) in [7, 11) is 0. The first-order chi connectivity index (χ1) is 8.70. The highest BCUT2D eigenvalue weighted by Gasteiger charge is 2.19. The molecule has 1 saturated carbocycles. The van der Waals surface area contributed by atoms with Gasteiger partial charge in [-0.15, -0.1) is 0 Å². The molecule has 0 bridgehead atoms. The minimum atomic E-state index is -0.166. The molecule has 1 fully saturated rings. The van der Waals surface area contributed by atoms with Crippen LogP contribution in [-0.4, -0.2) is 6.04 Å². The first kappa shape index (κ1) is 13.9. The number of halogens is 2. The molecule has 1 N–H and O–H groups in total. The Bertz CT molecular complexity index is 374. The summed E-state index contributed by atoms with van der Waals surface area (Å²) in [4.78, 5) is 0. The molecule has 1 aromatic carbocycles. The van der Waals surface area contributed by atoms with Crippen molar-refractivity contribution in [3.63, 3.8) is 0 Å². The van der Waals surface area contributed by atoms with E-state index in [-0.39, 0.29) is 5.82 Å². The molecule has 2 rings (SSSR count). The van der Waals surface area contributed by atoms with E-state index in [4.69, 9.17) is 0 Å². The van der Waals surface area contributed by atoms with Crippen LogP contribution in [0.15, 0.2) is 22.7 Å². The number of rotatable bonds is 3. The van der Waals surface area contributed by atoms with E-state index in [1.807, 2.05) is 6.07 Å². The summed E-state index contributed by atoms with van der Waals surface area (Å²) >= 11 is 3.42. The van der Waals surface area contributed by atoms with Gasteiger partial charge in [0.15, 0.2) is 0 Å². The van der Waals surface area contributed by atoms with Crippen molar-refractivity contribution in [3.8, 4) is 0 Å². The van der Waals surface area contributed by atoms with Crippen molar-refractivity contribution in [2.75, 3.05) is 5.32 Å². The van der Waals surface area contributed by atoms with Gasteiger partial charge in [0.05, 0.1) is 5.69 Å². The third-order valence-electron chi connectivity index (χ3n) is 3.98. The van der Waals surface area contributed by atoms with Crippen molar-refractivity contribution in [3.05, 3.63) is 28.5 Å². The van der Waals surface area contributed by atoms with Crippen molar-refractivity contribution in [1.29, 1.82) is 0 Å². The fourth-order valence-corrected chi connectivity index (χ4v) is 3.23. The van der Waals surface area contributed by atoms with Crippen molar-refractivity contribution >= 4 is 21.6 Å². The third kappa shape index (κ3) is 3.47. The second kappa shape index (κ2) is 6.55. The van der Waals surface area contributed by atoms with Gasteiger partial charge in [-0.05, 0) is 53.2 Å². The van der Waals surface area contributed by atoms with E-state index in [1.165, 1.54) is 31.7 Å². The summed E-state index contributed by atoms with van der Waals surface area (Å²) in [6.07, 6.45) is 7.42. The second-order valence-corrected chi connectivity index (χ2v) is 6.07. The third-order valence-corrected chi connectivity index (χ3v) is 4.64. The quantitative estimate of drug-likeness (QED) is 0.741. The molecule has 100 valence electrons. The SMILES string of the molecule is CCC1CCCC(Nc2c(F)cccc2Br)CC1. The van der Waals surface area contributed by atoms with Gasteiger partial charge in [0, 0.05) is 10.5 Å². The molecule has 3 heteroatoms. The van der Waals surface area contributed by atoms with E-state index in [1.54, 1.807) is 6.07 Å². The summed E-state index contributed by atoms with van der Waals surface area (Å²) < 4.78 is 14.6. The van der Waals surface area contributed by atoms with E-state index in [0.29, 0.717) is 11.7 Å². The predicted octanol–water partition coefficient (Wildman–Crippen LogP) is 5.36. The van der Waals surface area contributed by atoms with Gasteiger partial charge in [0.2, 0.25) is 0 Å². The molecule has 0 saturated heterocycles. The molecule has 18 heavy (non-hydrogen) atoms. The Kier molecular flexibility index (Phi) is 5.04. The Hall–Kier alpha value is -0.570. The molecule has 0 radical (unpaired) electrons. The fraction of sp³-hybridized carbons (Fsp3) is 0.600. The lowest BCUT2D eigenvalue weighted by molar-refractivity contribution is 0.444. The number of nitrogens with one attached hydrogen (secondary N) is 1. The van der Waals surface area contributed by atoms with Crippen molar-refractivity contribution in [2.24, 2.45) is 5.92 Å². The molecule has 0 aromatic heterocycles. The van der Waals surface area contributed by atoms with Gasteiger partial charge in [-0.25, -0.2) is 4.39 Å². The molecule has 1 aliphatic rings. The normalized spacial score (nSPS) is 24.6. The molecule has 1 aromatic rings. The van der Waals surface area contributed by atoms with Gasteiger partial charge in [-0.2, -0.15) is 0 Å². The van der Waals surface area contributed by atoms with Crippen LogP contribution in [0, 0.1) is 11.7 Å². The Labute approximate surface area is 117 Å². The summed E-state index contributed by atoms with van der Waals surface area (Å²) in [6.45, 7) is 2.27. The van der Waals surface area contributed by atoms with Gasteiger partial charge < -0.3 is 5.32 Å². The maximum Gasteiger partial charge on any atom is 0.147 e. The Morgan fingerprint density at radius 2 is 2.11 bits per heavy atom. The average Bonchev–Trinajstić information content (AvgIpc) is 2.59. The highest BCUT2D eigenvalue weighted by molar-refractivity contribution is 9.10. The second-order valence-electron chi connectivity index (χ2n) is 5.22. The summed E-state index contributed by atoms with van der Waals surface area (Å²) in [5.41, 5.74) is 0.623. The van der Waals surface area contributed by atoms with E-state index in [9.17, 15) is 4.39 Å². The van der Waals surface area contributed by atoms with E-state index in [0.717, 1.165) is 23.2 Å². The van der Waals surface area contributed by atoms with Gasteiger partial charge in [-0.3, -0.25) is 0 Å². The van der Waals surface area contributed by atoms with Crippen molar-refractivity contribution in [1.82, 2.24) is 0 Å². The maximum atomic E-state index is 13.8. The zero-order valence-electron chi connectivity index (χ0n) is 10.9. The van der Waals surface area contributed by atoms with Crippen LogP contribution in [0.3, 0.4) is 0 Å². The minimum absolute atomic E-state index is 0.166. The van der Waals surface area contributed by atoms with Crippen molar-refractivity contribution < 1.29 is 4.39 Å². The summed E-state index contributed by atoms with van der Waals surface area (Å²) in [5, 5.41) is 3.38. The monoisotopic (exact) mass is 313 g/mol. The molecular formula is C15H21BrFN. The molecule has 2 unspecified atom stereocenters. The van der Waals surface area contributed by atoms with E-state index >= 15 is 0 Å². The lowest BCUT2D eigenvalue weighted by atomic mass is 9.98. The predicted molar refractivity (Wildman–Crippen MR) is 78.4 cm³/mol. The lowest BCUT2D eigenvalue weighted by Crippen LogP contribution is -2.19. The molecule has 0 spiro atoms. The van der Waals surface area contributed by atoms with Crippen LogP contribution in [0.1, 0.15) is 45.4 Å². The zero-order valence-corrected chi connectivity index (χ0v) is 12.5. The molecule has 2 atom stereocenters. The zero-order chi connectivity index (χ0) is 13.0. The largest absolute Gasteiger partial charge is 0.379 e. The maximum absolute atomic E-state index is 13.8. The number of hydrogen-bond donors (Lipinski definition) is 1. The lowest BCUT2D eigenvalue weighted by Gasteiger charge is -2.19. The van der Waals surface area contributed by atoms with Crippen LogP contribution < -0.4 is 5.32 Å². The highest BCUT2D eigenvalue weighted by atomic mass is 79.9. The number of hydrogen-bond acceptors (Lipinski definition) is 1. The van der Waals surface area contributed by atoms with E-state index in [2.05, 4.69) is 28.2 Å². The molecular weight excluding hydrogens is 293 g/mol. The summed E-state index contributed by atoms with van der Waals surface area (Å²) in [5.74, 6) is 0.696. The van der Waals surface area contributed by atoms with Crippen molar-refractivity contribution in [2.45, 2.75) is 51.5 Å². The summed E-state index contributed by atoms with van der Waals surface area (Å²) in [6, 6.07) is 5.54. The molecule has 1 nitrogen and oxygen atoms in total. The Morgan fingerprint density at radius 1 is 1.28 bits per heavy atom. The van der Waals surface area contributed by atoms with Crippen LogP contribution >= 0.6 is 15.9 Å². The molecule has 0 amide bonds. The Morgan fingerprint density at radius 3 is 2.83 bits per heavy atom. The standard InChI is InChI=1S/C15H21BrFN/c1-2-11-5-3-6-12(10-9-11)18-15-13(16)7-4-8-14(15)17/h4,7-8,11-12,18H,2-3,5-6,9-10H2,1H3.